The Morgan fingerprint density at radius 1 is 0.909 bits per heavy atom. The maximum Gasteiger partial charge on any atom is 0.303 e. The van der Waals surface area contributed by atoms with Crippen LogP contribution in [0.4, 0.5) is 0 Å². The molecule has 0 spiro atoms. The maximum absolute atomic E-state index is 10.4. The lowest BCUT2D eigenvalue weighted by atomic mass is 9.96. The molecule has 2 nitrogen and oxygen atoms in total. The molecule has 0 rings (SSSR count). The van der Waals surface area contributed by atoms with Gasteiger partial charge in [0.15, 0.2) is 0 Å². The molecule has 0 saturated carbocycles. The highest BCUT2D eigenvalue weighted by atomic mass is 16.4. The SMILES string of the molecule is CCCCCC=CC(CC)CCCCCCCCCC(=O)O. The molecule has 2 heteroatoms. The molecule has 0 amide bonds. The highest BCUT2D eigenvalue weighted by Gasteiger charge is 2.01. The molecule has 0 aliphatic rings. The van der Waals surface area contributed by atoms with Gasteiger partial charge in [-0.1, -0.05) is 77.4 Å². The van der Waals surface area contributed by atoms with Crippen LogP contribution >= 0.6 is 0 Å². The van der Waals surface area contributed by atoms with E-state index in [2.05, 4.69) is 26.0 Å². The zero-order chi connectivity index (χ0) is 16.5. The van der Waals surface area contributed by atoms with Gasteiger partial charge in [-0.3, -0.25) is 4.79 Å². The minimum Gasteiger partial charge on any atom is -0.481 e. The van der Waals surface area contributed by atoms with Crippen molar-refractivity contribution in [1.82, 2.24) is 0 Å². The molecule has 0 radical (unpaired) electrons. The monoisotopic (exact) mass is 310 g/mol. The molecule has 0 heterocycles. The van der Waals surface area contributed by atoms with Crippen LogP contribution in [0.5, 0.6) is 0 Å². The van der Waals surface area contributed by atoms with Crippen molar-refractivity contribution in [2.45, 2.75) is 104 Å². The third kappa shape index (κ3) is 15.6. The zero-order valence-electron chi connectivity index (χ0n) is 15.0. The highest BCUT2D eigenvalue weighted by molar-refractivity contribution is 5.66. The molecule has 0 aromatic heterocycles. The summed E-state index contributed by atoms with van der Waals surface area (Å²) in [6.45, 7) is 4.55. The molecule has 0 bridgehead atoms. The Labute approximate surface area is 138 Å². The zero-order valence-corrected chi connectivity index (χ0v) is 15.0. The number of rotatable bonds is 16. The van der Waals surface area contributed by atoms with Gasteiger partial charge in [-0.15, -0.1) is 0 Å². The van der Waals surface area contributed by atoms with E-state index in [4.69, 9.17) is 5.11 Å². The van der Waals surface area contributed by atoms with Crippen LogP contribution in [-0.4, -0.2) is 11.1 Å². The molecule has 0 fully saturated rings. The molecule has 1 atom stereocenters. The van der Waals surface area contributed by atoms with E-state index < -0.39 is 5.97 Å². The Morgan fingerprint density at radius 2 is 1.55 bits per heavy atom. The topological polar surface area (TPSA) is 37.3 Å². The van der Waals surface area contributed by atoms with Gasteiger partial charge in [-0.2, -0.15) is 0 Å². The Morgan fingerprint density at radius 3 is 2.14 bits per heavy atom. The predicted octanol–water partition coefficient (Wildman–Crippen LogP) is 6.74. The number of carbonyl (C=O) groups is 1. The Balaban J connectivity index is 3.41. The maximum atomic E-state index is 10.4. The number of aliphatic carboxylic acids is 1. The quantitative estimate of drug-likeness (QED) is 0.253. The van der Waals surface area contributed by atoms with Crippen LogP contribution in [0, 0.1) is 5.92 Å². The Hall–Kier alpha value is -0.790. The summed E-state index contributed by atoms with van der Waals surface area (Å²) in [5.74, 6) is 0.116. The van der Waals surface area contributed by atoms with Crippen LogP contribution < -0.4 is 0 Å². The smallest absolute Gasteiger partial charge is 0.303 e. The average Bonchev–Trinajstić information content (AvgIpc) is 2.50. The van der Waals surface area contributed by atoms with Crippen molar-refractivity contribution in [1.29, 1.82) is 0 Å². The van der Waals surface area contributed by atoms with Gasteiger partial charge in [0, 0.05) is 6.42 Å². The molecular weight excluding hydrogens is 272 g/mol. The lowest BCUT2D eigenvalue weighted by Gasteiger charge is -2.09. The van der Waals surface area contributed by atoms with Gasteiger partial charge in [-0.25, -0.2) is 0 Å². The second-order valence-corrected chi connectivity index (χ2v) is 6.50. The molecule has 1 N–H and O–H groups in total. The highest BCUT2D eigenvalue weighted by Crippen LogP contribution is 2.17. The van der Waals surface area contributed by atoms with Crippen molar-refractivity contribution in [2.75, 3.05) is 0 Å². The molecule has 130 valence electrons. The van der Waals surface area contributed by atoms with Crippen LogP contribution in [0.25, 0.3) is 0 Å². The van der Waals surface area contributed by atoms with Crippen molar-refractivity contribution < 1.29 is 9.90 Å². The first-order valence-electron chi connectivity index (χ1n) is 9.59. The fraction of sp³-hybridized carbons (Fsp3) is 0.850. The summed E-state index contributed by atoms with van der Waals surface area (Å²) in [5, 5.41) is 8.56. The summed E-state index contributed by atoms with van der Waals surface area (Å²) >= 11 is 0. The first-order valence-corrected chi connectivity index (χ1v) is 9.59. The number of carboxylic acids is 1. The van der Waals surface area contributed by atoms with E-state index in [-0.39, 0.29) is 0 Å². The van der Waals surface area contributed by atoms with Crippen molar-refractivity contribution >= 4 is 5.97 Å². The van der Waals surface area contributed by atoms with Gasteiger partial charge in [-0.05, 0) is 38.0 Å². The standard InChI is InChI=1S/C20H38O2/c1-3-5-6-10-13-16-19(4-2)17-14-11-8-7-9-12-15-18-20(21)22/h13,16,19H,3-12,14-15,17-18H2,1-2H3,(H,21,22). The molecule has 0 aromatic rings. The first-order chi connectivity index (χ1) is 10.7. The van der Waals surface area contributed by atoms with Crippen LogP contribution in [0.15, 0.2) is 12.2 Å². The molecule has 0 aliphatic carbocycles. The van der Waals surface area contributed by atoms with Crippen LogP contribution in [0.2, 0.25) is 0 Å². The van der Waals surface area contributed by atoms with Gasteiger partial charge >= 0.3 is 5.97 Å². The van der Waals surface area contributed by atoms with Crippen molar-refractivity contribution in [3.05, 3.63) is 12.2 Å². The average molecular weight is 311 g/mol. The lowest BCUT2D eigenvalue weighted by molar-refractivity contribution is -0.137. The fourth-order valence-corrected chi connectivity index (χ4v) is 2.80. The molecule has 22 heavy (non-hydrogen) atoms. The number of carboxylic acid groups (broad SMARTS) is 1. The second-order valence-electron chi connectivity index (χ2n) is 6.50. The lowest BCUT2D eigenvalue weighted by Crippen LogP contribution is -1.95. The third-order valence-electron chi connectivity index (χ3n) is 4.37. The largest absolute Gasteiger partial charge is 0.481 e. The summed E-state index contributed by atoms with van der Waals surface area (Å²) in [6.07, 6.45) is 21.4. The third-order valence-corrected chi connectivity index (χ3v) is 4.37. The van der Waals surface area contributed by atoms with E-state index in [0.29, 0.717) is 6.42 Å². The minimum atomic E-state index is -0.659. The normalized spacial score (nSPS) is 12.8. The van der Waals surface area contributed by atoms with Gasteiger partial charge in [0.25, 0.3) is 0 Å². The predicted molar refractivity (Wildman–Crippen MR) is 96.3 cm³/mol. The van der Waals surface area contributed by atoms with Crippen molar-refractivity contribution in [3.8, 4) is 0 Å². The molecule has 1 unspecified atom stereocenters. The molecule has 0 saturated heterocycles. The van der Waals surface area contributed by atoms with E-state index in [9.17, 15) is 4.79 Å². The van der Waals surface area contributed by atoms with Gasteiger partial charge < -0.3 is 5.11 Å². The van der Waals surface area contributed by atoms with Crippen LogP contribution in [-0.2, 0) is 4.79 Å². The van der Waals surface area contributed by atoms with Crippen LogP contribution in [0.3, 0.4) is 0 Å². The van der Waals surface area contributed by atoms with Crippen molar-refractivity contribution in [2.24, 2.45) is 5.92 Å². The number of hydrogen-bond acceptors (Lipinski definition) is 1. The number of unbranched alkanes of at least 4 members (excludes halogenated alkanes) is 9. The Bertz CT molecular complexity index is 271. The van der Waals surface area contributed by atoms with E-state index >= 15 is 0 Å². The van der Waals surface area contributed by atoms with Crippen LogP contribution in [0.1, 0.15) is 104 Å². The van der Waals surface area contributed by atoms with Gasteiger partial charge in [0.1, 0.15) is 0 Å². The summed E-state index contributed by atoms with van der Waals surface area (Å²) < 4.78 is 0. The molecular formula is C20H38O2. The summed E-state index contributed by atoms with van der Waals surface area (Å²) in [7, 11) is 0. The first kappa shape index (κ1) is 21.2. The summed E-state index contributed by atoms with van der Waals surface area (Å²) in [4.78, 5) is 10.4. The van der Waals surface area contributed by atoms with E-state index in [1.807, 2.05) is 0 Å². The van der Waals surface area contributed by atoms with E-state index in [1.165, 1.54) is 70.6 Å². The molecule has 0 aliphatic heterocycles. The van der Waals surface area contributed by atoms with E-state index in [1.54, 1.807) is 0 Å². The van der Waals surface area contributed by atoms with E-state index in [0.717, 1.165) is 18.8 Å². The number of allylic oxidation sites excluding steroid dienone is 2. The van der Waals surface area contributed by atoms with Crippen molar-refractivity contribution in [3.63, 3.8) is 0 Å². The summed E-state index contributed by atoms with van der Waals surface area (Å²) in [5.41, 5.74) is 0. The number of hydrogen-bond donors (Lipinski definition) is 1. The minimum absolute atomic E-state index is 0.336. The fourth-order valence-electron chi connectivity index (χ4n) is 2.80. The second kappa shape index (κ2) is 16.6. The summed E-state index contributed by atoms with van der Waals surface area (Å²) in [6, 6.07) is 0. The van der Waals surface area contributed by atoms with Gasteiger partial charge in [0.05, 0.1) is 0 Å². The van der Waals surface area contributed by atoms with Gasteiger partial charge in [0.2, 0.25) is 0 Å². The molecule has 0 aromatic carbocycles. The Kier molecular flexibility index (Phi) is 16.0.